The number of sulfonamides is 1. The van der Waals surface area contributed by atoms with Crippen LogP contribution in [-0.4, -0.2) is 48.7 Å². The molecule has 0 saturated carbocycles. The Morgan fingerprint density at radius 3 is 2.61 bits per heavy atom. The second-order valence-corrected chi connectivity index (χ2v) is 8.14. The highest BCUT2D eigenvalue weighted by Crippen LogP contribution is 2.44. The zero-order valence-corrected chi connectivity index (χ0v) is 13.8. The molecule has 2 aliphatic rings. The van der Waals surface area contributed by atoms with Gasteiger partial charge in [-0.15, -0.1) is 0 Å². The van der Waals surface area contributed by atoms with Gasteiger partial charge in [-0.25, -0.2) is 8.42 Å². The molecular weight excluding hydrogens is 318 g/mol. The highest BCUT2D eigenvalue weighted by Gasteiger charge is 2.54. The minimum absolute atomic E-state index is 0.160. The Bertz CT molecular complexity index is 675. The van der Waals surface area contributed by atoms with E-state index in [4.69, 9.17) is 4.74 Å². The van der Waals surface area contributed by atoms with Crippen molar-refractivity contribution in [2.75, 3.05) is 12.9 Å². The lowest BCUT2D eigenvalue weighted by atomic mass is 9.89. The standard InChI is InChI=1S/C16H21NO5S/c1-22-15(11-5-3-2-4-6-11)10-23(20,21)17-12-7-8-14(17)13(9-12)16(18)19/h2-6,12-15H,7-10H2,1H3,(H,18,19). The highest BCUT2D eigenvalue weighted by atomic mass is 32.2. The number of benzene rings is 1. The minimum Gasteiger partial charge on any atom is -0.481 e. The molecule has 4 atom stereocenters. The van der Waals surface area contributed by atoms with E-state index in [1.807, 2.05) is 30.3 Å². The Labute approximate surface area is 136 Å². The van der Waals surface area contributed by atoms with E-state index in [-0.39, 0.29) is 11.8 Å². The quantitative estimate of drug-likeness (QED) is 0.852. The fraction of sp³-hybridized carbons (Fsp3) is 0.562. The number of aliphatic carboxylic acids is 1. The largest absolute Gasteiger partial charge is 0.481 e. The zero-order chi connectivity index (χ0) is 16.6. The Kier molecular flexibility index (Phi) is 4.44. The number of carboxylic acids is 1. The van der Waals surface area contributed by atoms with E-state index in [0.717, 1.165) is 12.0 Å². The van der Waals surface area contributed by atoms with Crippen molar-refractivity contribution in [1.29, 1.82) is 0 Å². The Hall–Kier alpha value is -1.44. The third-order valence-electron chi connectivity index (χ3n) is 4.93. The maximum absolute atomic E-state index is 12.9. The van der Waals surface area contributed by atoms with Crippen molar-refractivity contribution >= 4 is 16.0 Å². The third-order valence-corrected chi connectivity index (χ3v) is 6.86. The van der Waals surface area contributed by atoms with Crippen molar-refractivity contribution in [2.24, 2.45) is 5.92 Å². The van der Waals surface area contributed by atoms with Crippen molar-refractivity contribution in [3.8, 4) is 0 Å². The molecule has 2 aliphatic heterocycles. The maximum Gasteiger partial charge on any atom is 0.308 e. The highest BCUT2D eigenvalue weighted by molar-refractivity contribution is 7.89. The number of hydrogen-bond acceptors (Lipinski definition) is 4. The van der Waals surface area contributed by atoms with Crippen LogP contribution in [0.15, 0.2) is 30.3 Å². The minimum atomic E-state index is -3.58. The van der Waals surface area contributed by atoms with Crippen LogP contribution in [0.4, 0.5) is 0 Å². The van der Waals surface area contributed by atoms with Gasteiger partial charge in [0.15, 0.2) is 0 Å². The SMILES string of the molecule is COC(CS(=O)(=O)N1C2CCC1C(C(=O)O)C2)c1ccccc1. The third kappa shape index (κ3) is 3.00. The molecule has 0 spiro atoms. The Morgan fingerprint density at radius 1 is 1.35 bits per heavy atom. The van der Waals surface area contributed by atoms with E-state index in [9.17, 15) is 18.3 Å². The van der Waals surface area contributed by atoms with Crippen LogP contribution in [-0.2, 0) is 19.6 Å². The van der Waals surface area contributed by atoms with Crippen LogP contribution < -0.4 is 0 Å². The molecule has 3 rings (SSSR count). The van der Waals surface area contributed by atoms with Crippen molar-refractivity contribution in [2.45, 2.75) is 37.5 Å². The summed E-state index contributed by atoms with van der Waals surface area (Å²) < 4.78 is 32.5. The molecule has 7 heteroatoms. The van der Waals surface area contributed by atoms with Gasteiger partial charge in [-0.3, -0.25) is 4.79 Å². The predicted molar refractivity (Wildman–Crippen MR) is 84.4 cm³/mol. The van der Waals surface area contributed by atoms with Crippen LogP contribution in [0, 0.1) is 5.92 Å². The van der Waals surface area contributed by atoms with E-state index >= 15 is 0 Å². The van der Waals surface area contributed by atoms with E-state index in [1.165, 1.54) is 11.4 Å². The molecule has 23 heavy (non-hydrogen) atoms. The average molecular weight is 339 g/mol. The second kappa shape index (κ2) is 6.22. The second-order valence-electron chi connectivity index (χ2n) is 6.22. The number of carboxylic acid groups (broad SMARTS) is 1. The lowest BCUT2D eigenvalue weighted by molar-refractivity contribution is -0.142. The van der Waals surface area contributed by atoms with Gasteiger partial charge in [0.25, 0.3) is 0 Å². The summed E-state index contributed by atoms with van der Waals surface area (Å²) in [4.78, 5) is 11.3. The summed E-state index contributed by atoms with van der Waals surface area (Å²) in [5.41, 5.74) is 0.805. The van der Waals surface area contributed by atoms with E-state index < -0.39 is 34.1 Å². The summed E-state index contributed by atoms with van der Waals surface area (Å²) in [5, 5.41) is 9.28. The molecule has 1 aromatic rings. The number of nitrogens with zero attached hydrogens (tertiary/aromatic N) is 1. The molecule has 6 nitrogen and oxygen atoms in total. The summed E-state index contributed by atoms with van der Waals surface area (Å²) in [6.45, 7) is 0. The molecule has 126 valence electrons. The monoisotopic (exact) mass is 339 g/mol. The van der Waals surface area contributed by atoms with E-state index in [2.05, 4.69) is 0 Å². The van der Waals surface area contributed by atoms with Crippen LogP contribution in [0.3, 0.4) is 0 Å². The van der Waals surface area contributed by atoms with Gasteiger partial charge in [-0.1, -0.05) is 30.3 Å². The predicted octanol–water partition coefficient (Wildman–Crippen LogP) is 1.64. The first-order valence-corrected chi connectivity index (χ1v) is 9.36. The summed E-state index contributed by atoms with van der Waals surface area (Å²) in [6, 6.07) is 8.63. The van der Waals surface area contributed by atoms with Gasteiger partial charge in [0.1, 0.15) is 0 Å². The topological polar surface area (TPSA) is 83.9 Å². The molecule has 2 saturated heterocycles. The van der Waals surface area contributed by atoms with E-state index in [1.54, 1.807) is 0 Å². The summed E-state index contributed by atoms with van der Waals surface area (Å²) in [5.74, 6) is -1.64. The van der Waals surface area contributed by atoms with Crippen LogP contribution >= 0.6 is 0 Å². The molecule has 2 fully saturated rings. The molecule has 0 amide bonds. The van der Waals surface area contributed by atoms with Crippen LogP contribution in [0.2, 0.25) is 0 Å². The van der Waals surface area contributed by atoms with Crippen LogP contribution in [0.1, 0.15) is 30.9 Å². The fourth-order valence-electron chi connectivity index (χ4n) is 3.88. The molecule has 0 aromatic heterocycles. The van der Waals surface area contributed by atoms with Gasteiger partial charge < -0.3 is 9.84 Å². The Balaban J connectivity index is 1.81. The molecule has 2 heterocycles. The van der Waals surface area contributed by atoms with Gasteiger partial charge in [0.2, 0.25) is 10.0 Å². The number of hydrogen-bond donors (Lipinski definition) is 1. The molecule has 4 unspecified atom stereocenters. The number of carbonyl (C=O) groups is 1. The number of methoxy groups -OCH3 is 1. The number of ether oxygens (including phenoxy) is 1. The summed E-state index contributed by atoms with van der Waals surface area (Å²) in [6.07, 6.45) is 1.24. The molecule has 1 aromatic carbocycles. The van der Waals surface area contributed by atoms with Crippen molar-refractivity contribution < 1.29 is 23.1 Å². The van der Waals surface area contributed by atoms with Gasteiger partial charge >= 0.3 is 5.97 Å². The lowest BCUT2D eigenvalue weighted by Crippen LogP contribution is -2.40. The van der Waals surface area contributed by atoms with Gasteiger partial charge in [0.05, 0.1) is 17.8 Å². The van der Waals surface area contributed by atoms with Crippen molar-refractivity contribution in [3.05, 3.63) is 35.9 Å². The first-order chi connectivity index (χ1) is 10.9. The Morgan fingerprint density at radius 2 is 2.04 bits per heavy atom. The average Bonchev–Trinajstić information content (AvgIpc) is 3.12. The van der Waals surface area contributed by atoms with E-state index in [0.29, 0.717) is 12.8 Å². The van der Waals surface area contributed by atoms with Crippen LogP contribution in [0.5, 0.6) is 0 Å². The smallest absolute Gasteiger partial charge is 0.308 e. The maximum atomic E-state index is 12.9. The molecule has 0 aliphatic carbocycles. The van der Waals surface area contributed by atoms with Gasteiger partial charge in [0, 0.05) is 19.2 Å². The summed E-state index contributed by atoms with van der Waals surface area (Å²) >= 11 is 0. The first kappa shape index (κ1) is 16.4. The molecular formula is C16H21NO5S. The van der Waals surface area contributed by atoms with Gasteiger partial charge in [-0.2, -0.15) is 4.31 Å². The number of fused-ring (bicyclic) bond motifs is 2. The van der Waals surface area contributed by atoms with Crippen LogP contribution in [0.25, 0.3) is 0 Å². The molecule has 1 N–H and O–H groups in total. The normalized spacial score (nSPS) is 28.8. The molecule has 2 bridgehead atoms. The van der Waals surface area contributed by atoms with Gasteiger partial charge in [-0.05, 0) is 24.8 Å². The molecule has 0 radical (unpaired) electrons. The fourth-order valence-corrected chi connectivity index (χ4v) is 6.08. The zero-order valence-electron chi connectivity index (χ0n) is 13.0. The lowest BCUT2D eigenvalue weighted by Gasteiger charge is -2.25. The van der Waals surface area contributed by atoms with Crippen molar-refractivity contribution in [1.82, 2.24) is 4.31 Å². The first-order valence-electron chi connectivity index (χ1n) is 7.76. The number of rotatable bonds is 6. The summed E-state index contributed by atoms with van der Waals surface area (Å²) in [7, 11) is -2.08. The van der Waals surface area contributed by atoms with Crippen molar-refractivity contribution in [3.63, 3.8) is 0 Å².